The monoisotopic (exact) mass is 704 g/mol. The second-order valence-corrected chi connectivity index (χ2v) is 16.4. The summed E-state index contributed by atoms with van der Waals surface area (Å²) in [4.78, 5) is 35.7. The number of imidazole rings is 2. The summed E-state index contributed by atoms with van der Waals surface area (Å²) >= 11 is 9.41. The number of aromatic nitrogens is 8. The van der Waals surface area contributed by atoms with Crippen LogP contribution in [0.3, 0.4) is 0 Å². The summed E-state index contributed by atoms with van der Waals surface area (Å²) in [5.41, 5.74) is 11.2. The number of aliphatic hydroxyl groups excluding tert-OH is 1. The van der Waals surface area contributed by atoms with Gasteiger partial charge in [0.2, 0.25) is 0 Å². The van der Waals surface area contributed by atoms with Gasteiger partial charge in [0, 0.05) is 6.42 Å². The van der Waals surface area contributed by atoms with Crippen molar-refractivity contribution in [1.29, 1.82) is 0 Å². The highest BCUT2D eigenvalue weighted by Gasteiger charge is 2.73. The van der Waals surface area contributed by atoms with E-state index in [4.69, 9.17) is 50.8 Å². The average molecular weight is 705 g/mol. The molecule has 0 aromatic carbocycles. The Kier molecular flexibility index (Phi) is 6.82. The van der Waals surface area contributed by atoms with Crippen LogP contribution in [0.4, 0.5) is 16.0 Å². The van der Waals surface area contributed by atoms with Gasteiger partial charge in [-0.15, -0.1) is 0 Å². The molecule has 4 aliphatic rings. The van der Waals surface area contributed by atoms with Gasteiger partial charge in [-0.1, -0.05) is 12.2 Å². The van der Waals surface area contributed by atoms with Gasteiger partial charge in [-0.25, -0.2) is 38.9 Å². The minimum atomic E-state index is -4.35. The smallest absolute Gasteiger partial charge is 0.386 e. The molecule has 8 rings (SSSR count). The molecule has 3 aliphatic heterocycles. The number of thiol groups is 1. The van der Waals surface area contributed by atoms with Gasteiger partial charge < -0.3 is 35.5 Å². The molecular formula is C21H23FN10O9P2S2. The van der Waals surface area contributed by atoms with E-state index in [-0.39, 0.29) is 40.4 Å². The maximum absolute atomic E-state index is 15.9. The van der Waals surface area contributed by atoms with Crippen molar-refractivity contribution in [3.63, 3.8) is 0 Å². The standard InChI is InChI=1S/C21H23FN10O9P2S2/c22-9-7-2-36-42(34,44)41-14-12(33)19(31-5-29-10-15(23)25-3-27-17(10)31)38-21(14)1-8(21)39-43(35,45)40-13(9)20(37-7)32-6-30-11-16(24)26-4-28-18(11)32/h3-9,12-14,19-20,33H,1-2H2,(H,34,44)(H,35,45)(H2,23,25,27)(H2,24,26,28)/t7?,8-,9-,12-,13-,14+,19-,20-,21?,42?,43?/m1/s1. The SMILES string of the molecule is Nc1ncnc2c1ncn2[C@@H]1OC23C[C@H]2OP(O)(=S)O[C@@H]2[C@H](F)C(COP(=O)(S)O[C@H]3[C@H]1O)O[C@H]2n1cnc2c(N)ncnc21. The second kappa shape index (κ2) is 10.3. The molecule has 3 saturated heterocycles. The zero-order valence-corrected chi connectivity index (χ0v) is 26.0. The van der Waals surface area contributed by atoms with E-state index in [0.717, 1.165) is 0 Å². The third-order valence-electron chi connectivity index (χ3n) is 8.06. The Balaban J connectivity index is 1.14. The van der Waals surface area contributed by atoms with Crippen LogP contribution in [-0.4, -0.2) is 97.9 Å². The normalized spacial score (nSPS) is 41.7. The highest BCUT2D eigenvalue weighted by molar-refractivity contribution is 8.44. The maximum atomic E-state index is 15.9. The average Bonchev–Trinajstić information content (AvgIpc) is 3.36. The number of hydrogen-bond donors (Lipinski definition) is 5. The number of anilines is 2. The van der Waals surface area contributed by atoms with Crippen molar-refractivity contribution in [2.75, 3.05) is 18.1 Å². The molecule has 4 aromatic rings. The van der Waals surface area contributed by atoms with Crippen LogP contribution < -0.4 is 11.5 Å². The van der Waals surface area contributed by atoms with Gasteiger partial charge in [0.25, 0.3) is 0 Å². The summed E-state index contributed by atoms with van der Waals surface area (Å²) in [5.74, 6) is 0.171. The van der Waals surface area contributed by atoms with E-state index in [9.17, 15) is 14.6 Å². The molecule has 1 saturated carbocycles. The lowest BCUT2D eigenvalue weighted by molar-refractivity contribution is -0.0667. The van der Waals surface area contributed by atoms with Crippen LogP contribution >= 0.6 is 25.8 Å². The molecule has 6 N–H and O–H groups in total. The zero-order chi connectivity index (χ0) is 31.5. The first-order chi connectivity index (χ1) is 21.4. The molecule has 4 unspecified atom stereocenters. The Labute approximate surface area is 261 Å². The summed E-state index contributed by atoms with van der Waals surface area (Å²) < 4.78 is 67.1. The van der Waals surface area contributed by atoms with Crippen molar-refractivity contribution in [2.45, 2.75) is 61.2 Å². The van der Waals surface area contributed by atoms with Crippen molar-refractivity contribution in [2.24, 2.45) is 0 Å². The molecule has 1 spiro atoms. The molecule has 240 valence electrons. The molecule has 0 amide bonds. The van der Waals surface area contributed by atoms with Crippen molar-refractivity contribution >= 4 is 71.5 Å². The van der Waals surface area contributed by atoms with Gasteiger partial charge in [-0.3, -0.25) is 22.7 Å². The first kappa shape index (κ1) is 29.9. The molecule has 7 heterocycles. The van der Waals surface area contributed by atoms with E-state index in [1.807, 2.05) is 0 Å². The van der Waals surface area contributed by atoms with Crippen molar-refractivity contribution in [3.05, 3.63) is 25.3 Å². The predicted molar refractivity (Wildman–Crippen MR) is 155 cm³/mol. The Hall–Kier alpha value is -2.46. The van der Waals surface area contributed by atoms with E-state index in [1.165, 1.54) is 34.4 Å². The third kappa shape index (κ3) is 4.78. The quantitative estimate of drug-likeness (QED) is 0.141. The topological polar surface area (TPSA) is 252 Å². The molecule has 2 bridgehead atoms. The highest BCUT2D eigenvalue weighted by atomic mass is 32.7. The van der Waals surface area contributed by atoms with Crippen molar-refractivity contribution < 1.29 is 46.5 Å². The molecule has 19 nitrogen and oxygen atoms in total. The van der Waals surface area contributed by atoms with Gasteiger partial charge in [-0.2, -0.15) is 0 Å². The van der Waals surface area contributed by atoms with Crippen LogP contribution in [0.25, 0.3) is 22.3 Å². The zero-order valence-electron chi connectivity index (χ0n) is 22.5. The molecule has 24 heteroatoms. The minimum Gasteiger partial charge on any atom is -0.386 e. The summed E-state index contributed by atoms with van der Waals surface area (Å²) in [6, 6.07) is 0. The lowest BCUT2D eigenvalue weighted by atomic mass is 10.1. The van der Waals surface area contributed by atoms with E-state index < -0.39 is 74.9 Å². The van der Waals surface area contributed by atoms with E-state index in [2.05, 4.69) is 42.2 Å². The van der Waals surface area contributed by atoms with Crippen LogP contribution in [-0.2, 0) is 43.9 Å². The number of nitrogen functional groups attached to an aromatic ring is 2. The summed E-state index contributed by atoms with van der Waals surface area (Å²) in [5, 5.41) is 11.4. The van der Waals surface area contributed by atoms with Crippen LogP contribution in [0, 0.1) is 0 Å². The molecule has 11 atom stereocenters. The van der Waals surface area contributed by atoms with Gasteiger partial charge in [0.1, 0.15) is 59.8 Å². The Morgan fingerprint density at radius 1 is 1.00 bits per heavy atom. The Morgan fingerprint density at radius 3 is 2.27 bits per heavy atom. The third-order valence-corrected chi connectivity index (χ3v) is 11.2. The minimum absolute atomic E-state index is 0.000302. The molecule has 4 aromatic heterocycles. The molecule has 1 aliphatic carbocycles. The molecule has 4 fully saturated rings. The lowest BCUT2D eigenvalue weighted by Crippen LogP contribution is -2.37. The van der Waals surface area contributed by atoms with Gasteiger partial charge in [0.15, 0.2) is 41.6 Å². The van der Waals surface area contributed by atoms with E-state index in [1.54, 1.807) is 0 Å². The number of hydrogen-bond acceptors (Lipinski definition) is 17. The molecular weight excluding hydrogens is 681 g/mol. The molecule has 45 heavy (non-hydrogen) atoms. The number of nitrogens with two attached hydrogens (primary N) is 2. The van der Waals surface area contributed by atoms with Gasteiger partial charge >= 0.3 is 13.5 Å². The molecule has 0 radical (unpaired) electrons. The fraction of sp³-hybridized carbons (Fsp3) is 0.524. The lowest BCUT2D eigenvalue weighted by Gasteiger charge is -2.27. The largest absolute Gasteiger partial charge is 0.386 e. The Morgan fingerprint density at radius 2 is 1.62 bits per heavy atom. The number of halogens is 1. The predicted octanol–water partition coefficient (Wildman–Crippen LogP) is 0.539. The Bertz CT molecular complexity index is 1940. The second-order valence-electron chi connectivity index (χ2n) is 10.8. The number of ether oxygens (including phenoxy) is 2. The van der Waals surface area contributed by atoms with Crippen molar-refractivity contribution in [1.82, 2.24) is 39.0 Å². The highest BCUT2D eigenvalue weighted by Crippen LogP contribution is 2.66. The fourth-order valence-corrected chi connectivity index (χ4v) is 9.17. The van der Waals surface area contributed by atoms with Crippen LogP contribution in [0.15, 0.2) is 25.3 Å². The first-order valence-electron chi connectivity index (χ1n) is 13.2. The summed E-state index contributed by atoms with van der Waals surface area (Å²) in [6.45, 7) is -9.25. The van der Waals surface area contributed by atoms with E-state index in [0.29, 0.717) is 0 Å². The van der Waals surface area contributed by atoms with Gasteiger partial charge in [-0.05, 0) is 11.8 Å². The summed E-state index contributed by atoms with van der Waals surface area (Å²) in [6.07, 6.45) is -6.41. The number of aliphatic hydroxyl groups is 1. The first-order valence-corrected chi connectivity index (χ1v) is 18.5. The van der Waals surface area contributed by atoms with Crippen molar-refractivity contribution in [3.8, 4) is 0 Å². The fourth-order valence-electron chi connectivity index (χ4n) is 5.91. The number of rotatable bonds is 2. The van der Waals surface area contributed by atoms with Crippen LogP contribution in [0.5, 0.6) is 0 Å². The number of alkyl halides is 1. The maximum Gasteiger partial charge on any atom is 0.386 e. The summed E-state index contributed by atoms with van der Waals surface area (Å²) in [7, 11) is 0. The van der Waals surface area contributed by atoms with Gasteiger partial charge in [0.05, 0.1) is 19.3 Å². The number of nitrogens with zero attached hydrogens (tertiary/aromatic N) is 8. The number of fused-ring (bicyclic) bond motifs is 4. The van der Waals surface area contributed by atoms with Crippen LogP contribution in [0.2, 0.25) is 0 Å². The van der Waals surface area contributed by atoms with Crippen LogP contribution in [0.1, 0.15) is 18.9 Å². The van der Waals surface area contributed by atoms with E-state index >= 15 is 4.39 Å².